The predicted octanol–water partition coefficient (Wildman–Crippen LogP) is 2.27. The van der Waals surface area contributed by atoms with Gasteiger partial charge in [-0.15, -0.1) is 0 Å². The first-order valence-electron chi connectivity index (χ1n) is 7.06. The molecule has 3 aromatic rings. The van der Waals surface area contributed by atoms with Gasteiger partial charge in [0, 0.05) is 19.2 Å². The van der Waals surface area contributed by atoms with Crippen molar-refractivity contribution in [3.05, 3.63) is 56.2 Å². The Balaban J connectivity index is 1.70. The quantitative estimate of drug-likeness (QED) is 0.509. The highest BCUT2D eigenvalue weighted by Gasteiger charge is 2.35. The zero-order valence-electron chi connectivity index (χ0n) is 12.8. The van der Waals surface area contributed by atoms with E-state index < -0.39 is 22.1 Å². The van der Waals surface area contributed by atoms with E-state index >= 15 is 0 Å². The van der Waals surface area contributed by atoms with Crippen LogP contribution in [0.15, 0.2) is 38.4 Å². The normalized spacial score (nSPS) is 11.7. The lowest BCUT2D eigenvalue weighted by molar-refractivity contribution is 0.0551. The number of nitrogens with one attached hydrogen (secondary N) is 2. The first kappa shape index (κ1) is 17.0. The number of rotatable bonds is 6. The van der Waals surface area contributed by atoms with Crippen LogP contribution in [0.25, 0.3) is 11.4 Å². The van der Waals surface area contributed by atoms with Crippen LogP contribution in [-0.4, -0.2) is 17.2 Å². The molecule has 0 saturated heterocycles. The predicted molar refractivity (Wildman–Crippen MR) is 87.7 cm³/mol. The van der Waals surface area contributed by atoms with Crippen molar-refractivity contribution >= 4 is 23.0 Å². The van der Waals surface area contributed by atoms with Gasteiger partial charge < -0.3 is 15.2 Å². The Bertz CT molecular complexity index is 972. The Morgan fingerprint density at radius 1 is 1.16 bits per heavy atom. The monoisotopic (exact) mass is 368 g/mol. The highest BCUT2D eigenvalue weighted by molar-refractivity contribution is 6.21. The average Bonchev–Trinajstić information content (AvgIpc) is 3.08. The van der Waals surface area contributed by atoms with Crippen LogP contribution in [0.1, 0.15) is 11.5 Å². The van der Waals surface area contributed by atoms with Gasteiger partial charge in [-0.25, -0.2) is 0 Å². The summed E-state index contributed by atoms with van der Waals surface area (Å²) in [6.45, 7) is 0.303. The molecule has 0 amide bonds. The van der Waals surface area contributed by atoms with Gasteiger partial charge in [-0.2, -0.15) is 13.8 Å². The molecule has 2 aromatic carbocycles. The van der Waals surface area contributed by atoms with Crippen LogP contribution in [0, 0.1) is 0 Å². The summed E-state index contributed by atoms with van der Waals surface area (Å²) in [4.78, 5) is 26.3. The molecule has 0 fully saturated rings. The lowest BCUT2D eigenvalue weighted by Crippen LogP contribution is -2.36. The number of anilines is 2. The second-order valence-corrected chi connectivity index (χ2v) is 5.60. The second kappa shape index (κ2) is 6.25. The Hall–Kier alpha value is -2.81. The molecule has 0 aliphatic rings. The van der Waals surface area contributed by atoms with E-state index in [4.69, 9.17) is 11.6 Å². The van der Waals surface area contributed by atoms with Crippen molar-refractivity contribution in [1.29, 1.82) is 0 Å². The number of nitrogens with zero attached hydrogens (tertiary/aromatic N) is 2. The SMILES string of the molecule is CNc1c(NCc2ccc(-c3noc(C(F)(F)Cl)n3)cc2)c(=O)c1=O. The number of halogens is 3. The molecule has 3 rings (SSSR count). The molecule has 1 heterocycles. The molecule has 0 atom stereocenters. The number of aromatic nitrogens is 2. The van der Waals surface area contributed by atoms with E-state index in [1.807, 2.05) is 0 Å². The van der Waals surface area contributed by atoms with Crippen molar-refractivity contribution in [2.75, 3.05) is 17.7 Å². The highest BCUT2D eigenvalue weighted by Crippen LogP contribution is 2.32. The fourth-order valence-electron chi connectivity index (χ4n) is 2.22. The average molecular weight is 369 g/mol. The molecular weight excluding hydrogens is 358 g/mol. The molecule has 0 radical (unpaired) electrons. The first-order valence-corrected chi connectivity index (χ1v) is 7.44. The number of hydrogen-bond donors (Lipinski definition) is 2. The van der Waals surface area contributed by atoms with Crippen molar-refractivity contribution in [2.24, 2.45) is 0 Å². The van der Waals surface area contributed by atoms with Crippen molar-refractivity contribution in [3.63, 3.8) is 0 Å². The minimum absolute atomic E-state index is 0.0187. The van der Waals surface area contributed by atoms with Gasteiger partial charge in [-0.3, -0.25) is 9.59 Å². The molecule has 0 aliphatic carbocycles. The lowest BCUT2D eigenvalue weighted by atomic mass is 10.1. The van der Waals surface area contributed by atoms with Gasteiger partial charge in [-0.05, 0) is 17.2 Å². The summed E-state index contributed by atoms with van der Waals surface area (Å²) in [7, 11) is 1.56. The van der Waals surface area contributed by atoms with Crippen LogP contribution in [0.2, 0.25) is 0 Å². The van der Waals surface area contributed by atoms with E-state index in [9.17, 15) is 18.4 Å². The fraction of sp³-hybridized carbons (Fsp3) is 0.200. The fourth-order valence-corrected chi connectivity index (χ4v) is 2.29. The number of hydrogen-bond acceptors (Lipinski definition) is 7. The molecule has 10 heteroatoms. The molecule has 25 heavy (non-hydrogen) atoms. The summed E-state index contributed by atoms with van der Waals surface area (Å²) in [6.07, 6.45) is 0. The van der Waals surface area contributed by atoms with Gasteiger partial charge in [0.1, 0.15) is 11.4 Å². The highest BCUT2D eigenvalue weighted by atomic mass is 35.5. The van der Waals surface area contributed by atoms with E-state index in [2.05, 4.69) is 25.3 Å². The van der Waals surface area contributed by atoms with Crippen molar-refractivity contribution in [1.82, 2.24) is 10.1 Å². The molecular formula is C15H11ClF2N4O3. The van der Waals surface area contributed by atoms with Gasteiger partial charge in [0.15, 0.2) is 0 Å². The standard InChI is InChI=1S/C15H11ClF2N4O3/c1-19-9-10(12(24)11(9)23)20-6-7-2-4-8(5-3-7)13-21-14(25-22-13)15(16,17)18/h2-5,19-20H,6H2,1H3. The third-order valence-electron chi connectivity index (χ3n) is 3.51. The Labute approximate surface area is 144 Å². The summed E-state index contributed by atoms with van der Waals surface area (Å²) in [6, 6.07) is 6.61. The van der Waals surface area contributed by atoms with Crippen LogP contribution >= 0.6 is 11.6 Å². The minimum atomic E-state index is -3.72. The molecule has 2 N–H and O–H groups in total. The number of benzene rings is 1. The largest absolute Gasteiger partial charge is 0.400 e. The molecule has 0 saturated carbocycles. The minimum Gasteiger partial charge on any atom is -0.383 e. The summed E-state index contributed by atoms with van der Waals surface area (Å²) >= 11 is 4.82. The summed E-state index contributed by atoms with van der Waals surface area (Å²) in [5, 5.41) is 5.27. The van der Waals surface area contributed by atoms with E-state index in [1.54, 1.807) is 31.3 Å². The van der Waals surface area contributed by atoms with E-state index in [0.717, 1.165) is 5.56 Å². The maximum Gasteiger partial charge on any atom is 0.400 e. The molecule has 0 unspecified atom stereocenters. The van der Waals surface area contributed by atoms with Gasteiger partial charge in [0.25, 0.3) is 10.9 Å². The Kier molecular flexibility index (Phi) is 4.25. The third kappa shape index (κ3) is 3.22. The molecule has 0 aliphatic heterocycles. The summed E-state index contributed by atoms with van der Waals surface area (Å²) in [5.74, 6) is -0.996. The van der Waals surface area contributed by atoms with Crippen molar-refractivity contribution in [3.8, 4) is 11.4 Å². The van der Waals surface area contributed by atoms with Crippen LogP contribution in [0.3, 0.4) is 0 Å². The first-order chi connectivity index (χ1) is 11.8. The Morgan fingerprint density at radius 2 is 1.80 bits per heavy atom. The van der Waals surface area contributed by atoms with Crippen LogP contribution in [0.4, 0.5) is 20.2 Å². The zero-order valence-corrected chi connectivity index (χ0v) is 13.5. The smallest absolute Gasteiger partial charge is 0.383 e. The van der Waals surface area contributed by atoms with Crippen LogP contribution < -0.4 is 21.5 Å². The zero-order chi connectivity index (χ0) is 18.2. The van der Waals surface area contributed by atoms with Gasteiger partial charge in [0.2, 0.25) is 5.82 Å². The van der Waals surface area contributed by atoms with E-state index in [0.29, 0.717) is 12.1 Å². The Morgan fingerprint density at radius 3 is 2.36 bits per heavy atom. The molecule has 1 aromatic heterocycles. The lowest BCUT2D eigenvalue weighted by Gasteiger charge is -2.12. The summed E-state index contributed by atoms with van der Waals surface area (Å²) in [5.41, 5.74) is 0.633. The van der Waals surface area contributed by atoms with Crippen molar-refractivity contribution < 1.29 is 13.3 Å². The molecule has 0 spiro atoms. The second-order valence-electron chi connectivity index (χ2n) is 5.13. The van der Waals surface area contributed by atoms with Gasteiger partial charge in [0.05, 0.1) is 0 Å². The maximum absolute atomic E-state index is 12.9. The molecule has 130 valence electrons. The third-order valence-corrected chi connectivity index (χ3v) is 3.67. The van der Waals surface area contributed by atoms with Gasteiger partial charge in [-0.1, -0.05) is 29.4 Å². The molecule has 0 bridgehead atoms. The topological polar surface area (TPSA) is 97.1 Å². The maximum atomic E-state index is 12.9. The van der Waals surface area contributed by atoms with Crippen molar-refractivity contribution in [2.45, 2.75) is 11.9 Å². The number of alkyl halides is 3. The van der Waals surface area contributed by atoms with Crippen LogP contribution in [-0.2, 0) is 11.9 Å². The molecule has 7 nitrogen and oxygen atoms in total. The van der Waals surface area contributed by atoms with E-state index in [-0.39, 0.29) is 17.2 Å². The van der Waals surface area contributed by atoms with Gasteiger partial charge >= 0.3 is 11.3 Å². The summed E-state index contributed by atoms with van der Waals surface area (Å²) < 4.78 is 30.2. The van der Waals surface area contributed by atoms with Crippen LogP contribution in [0.5, 0.6) is 0 Å². The van der Waals surface area contributed by atoms with E-state index in [1.165, 1.54) is 0 Å².